The second kappa shape index (κ2) is 5.09. The average molecular weight is 336 g/mol. The van der Waals surface area contributed by atoms with Crippen LogP contribution in [-0.2, 0) is 0 Å². The fourth-order valence-electron chi connectivity index (χ4n) is 1.73. The molecule has 6 nitrogen and oxygen atoms in total. The third-order valence-corrected chi connectivity index (χ3v) is 3.46. The smallest absolute Gasteiger partial charge is 0.285 e. The molecule has 3 rings (SSSR count). The number of nitrogens with zero attached hydrogens (tertiary/aromatic N) is 3. The summed E-state index contributed by atoms with van der Waals surface area (Å²) >= 11 is 3.45. The van der Waals surface area contributed by atoms with E-state index in [2.05, 4.69) is 31.1 Å². The van der Waals surface area contributed by atoms with Gasteiger partial charge in [-0.1, -0.05) is 0 Å². The minimum atomic E-state index is 0.296. The van der Waals surface area contributed by atoms with Gasteiger partial charge >= 0.3 is 0 Å². The van der Waals surface area contributed by atoms with E-state index in [0.717, 1.165) is 10.0 Å². The molecule has 20 heavy (non-hydrogen) atoms. The summed E-state index contributed by atoms with van der Waals surface area (Å²) in [5.74, 6) is 1.85. The lowest BCUT2D eigenvalue weighted by Crippen LogP contribution is -1.85. The summed E-state index contributed by atoms with van der Waals surface area (Å²) in [6, 6.07) is 5.51. The van der Waals surface area contributed by atoms with E-state index >= 15 is 0 Å². The first-order chi connectivity index (χ1) is 9.69. The molecule has 0 fully saturated rings. The lowest BCUT2D eigenvalue weighted by Gasteiger charge is -2.03. The van der Waals surface area contributed by atoms with E-state index in [-0.39, 0.29) is 0 Å². The molecule has 1 aromatic carbocycles. The van der Waals surface area contributed by atoms with Gasteiger partial charge < -0.3 is 13.6 Å². The highest BCUT2D eigenvalue weighted by atomic mass is 79.9. The quantitative estimate of drug-likeness (QED) is 0.729. The van der Waals surface area contributed by atoms with Crippen LogP contribution in [0.2, 0.25) is 0 Å². The van der Waals surface area contributed by atoms with Crippen molar-refractivity contribution in [1.29, 1.82) is 0 Å². The zero-order valence-corrected chi connectivity index (χ0v) is 12.3. The van der Waals surface area contributed by atoms with Crippen LogP contribution in [0.4, 0.5) is 0 Å². The van der Waals surface area contributed by atoms with Gasteiger partial charge in [-0.25, -0.2) is 4.98 Å². The van der Waals surface area contributed by atoms with Gasteiger partial charge in [0.25, 0.3) is 5.89 Å². The Kier molecular flexibility index (Phi) is 3.27. The minimum Gasteiger partial charge on any atom is -0.497 e. The summed E-state index contributed by atoms with van der Waals surface area (Å²) in [5.41, 5.74) is 1.45. The maximum absolute atomic E-state index is 5.63. The summed E-state index contributed by atoms with van der Waals surface area (Å²) < 4.78 is 16.9. The van der Waals surface area contributed by atoms with Crippen molar-refractivity contribution in [2.45, 2.75) is 6.92 Å². The van der Waals surface area contributed by atoms with Crippen molar-refractivity contribution in [3.8, 4) is 28.9 Å². The molecule has 2 heterocycles. The Morgan fingerprint density at radius 1 is 1.20 bits per heavy atom. The molecule has 0 atom stereocenters. The van der Waals surface area contributed by atoms with Crippen molar-refractivity contribution in [2.24, 2.45) is 0 Å². The molecule has 0 aliphatic carbocycles. The fourth-order valence-corrected chi connectivity index (χ4v) is 2.14. The second-order valence-corrected chi connectivity index (χ2v) is 4.88. The molecule has 0 saturated heterocycles. The molecule has 3 aromatic rings. The number of hydrogen-bond acceptors (Lipinski definition) is 6. The highest BCUT2D eigenvalue weighted by molar-refractivity contribution is 9.10. The SMILES string of the molecule is COc1ccc(Br)c(-c2nnc(-c3ocnc3C)o2)c1. The fraction of sp³-hybridized carbons (Fsp3) is 0.154. The number of ether oxygens (including phenoxy) is 1. The van der Waals surface area contributed by atoms with Crippen LogP contribution in [0.5, 0.6) is 5.75 Å². The average Bonchev–Trinajstić information content (AvgIpc) is 3.08. The standard InChI is InChI=1S/C13H10BrN3O3/c1-7-11(19-6-15-7)13-17-16-12(20-13)9-5-8(18-2)3-4-10(9)14/h3-6H,1-2H3. The lowest BCUT2D eigenvalue weighted by atomic mass is 10.2. The molecular weight excluding hydrogens is 326 g/mol. The van der Waals surface area contributed by atoms with Gasteiger partial charge in [0.2, 0.25) is 11.7 Å². The molecule has 0 amide bonds. The van der Waals surface area contributed by atoms with E-state index < -0.39 is 0 Å². The van der Waals surface area contributed by atoms with Crippen LogP contribution in [0.1, 0.15) is 5.69 Å². The van der Waals surface area contributed by atoms with E-state index in [1.165, 1.54) is 6.39 Å². The van der Waals surface area contributed by atoms with Crippen LogP contribution < -0.4 is 4.74 Å². The Balaban J connectivity index is 2.04. The normalized spacial score (nSPS) is 10.8. The molecule has 0 radical (unpaired) electrons. The Bertz CT molecular complexity index is 751. The number of benzene rings is 1. The summed E-state index contributed by atoms with van der Waals surface area (Å²) in [6.45, 7) is 1.81. The molecular formula is C13H10BrN3O3. The van der Waals surface area contributed by atoms with E-state index in [1.807, 2.05) is 25.1 Å². The molecule has 0 unspecified atom stereocenters. The molecule has 2 aromatic heterocycles. The van der Waals surface area contributed by atoms with Crippen molar-refractivity contribution in [2.75, 3.05) is 7.11 Å². The zero-order valence-electron chi connectivity index (χ0n) is 10.8. The molecule has 0 aliphatic heterocycles. The third kappa shape index (κ3) is 2.20. The highest BCUT2D eigenvalue weighted by Crippen LogP contribution is 2.32. The number of aryl methyl sites for hydroxylation is 1. The molecule has 0 aliphatic rings. The maximum Gasteiger partial charge on any atom is 0.285 e. The van der Waals surface area contributed by atoms with Crippen LogP contribution in [0.3, 0.4) is 0 Å². The first kappa shape index (κ1) is 12.9. The van der Waals surface area contributed by atoms with Crippen molar-refractivity contribution < 1.29 is 13.6 Å². The van der Waals surface area contributed by atoms with Crippen LogP contribution in [0, 0.1) is 6.92 Å². The predicted molar refractivity (Wildman–Crippen MR) is 74.2 cm³/mol. The summed E-state index contributed by atoms with van der Waals surface area (Å²) in [6.07, 6.45) is 1.34. The molecule has 0 bridgehead atoms. The van der Waals surface area contributed by atoms with Gasteiger partial charge in [-0.05, 0) is 41.1 Å². The van der Waals surface area contributed by atoms with Gasteiger partial charge in [0, 0.05) is 4.47 Å². The Morgan fingerprint density at radius 2 is 2.00 bits per heavy atom. The molecule has 0 spiro atoms. The largest absolute Gasteiger partial charge is 0.497 e. The number of methoxy groups -OCH3 is 1. The molecule has 102 valence electrons. The van der Waals surface area contributed by atoms with Crippen molar-refractivity contribution in [3.63, 3.8) is 0 Å². The van der Waals surface area contributed by atoms with Gasteiger partial charge in [-0.2, -0.15) is 0 Å². The van der Waals surface area contributed by atoms with E-state index in [0.29, 0.717) is 29.0 Å². The number of rotatable bonds is 3. The maximum atomic E-state index is 5.63. The van der Waals surface area contributed by atoms with Gasteiger partial charge in [-0.3, -0.25) is 0 Å². The minimum absolute atomic E-state index is 0.296. The molecule has 7 heteroatoms. The summed E-state index contributed by atoms with van der Waals surface area (Å²) in [5, 5.41) is 8.01. The summed E-state index contributed by atoms with van der Waals surface area (Å²) in [7, 11) is 1.60. The topological polar surface area (TPSA) is 74.2 Å². The number of oxazole rings is 1. The number of hydrogen-bond donors (Lipinski definition) is 0. The van der Waals surface area contributed by atoms with Crippen molar-refractivity contribution >= 4 is 15.9 Å². The Hall–Kier alpha value is -2.15. The van der Waals surface area contributed by atoms with Crippen molar-refractivity contribution in [3.05, 3.63) is 34.8 Å². The Morgan fingerprint density at radius 3 is 2.70 bits per heavy atom. The highest BCUT2D eigenvalue weighted by Gasteiger charge is 2.17. The zero-order chi connectivity index (χ0) is 14.1. The molecule has 0 saturated carbocycles. The van der Waals surface area contributed by atoms with E-state index in [4.69, 9.17) is 13.6 Å². The second-order valence-electron chi connectivity index (χ2n) is 4.03. The first-order valence-electron chi connectivity index (χ1n) is 5.77. The van der Waals surface area contributed by atoms with Gasteiger partial charge in [0.15, 0.2) is 6.39 Å². The van der Waals surface area contributed by atoms with Crippen LogP contribution in [0.15, 0.2) is 37.9 Å². The van der Waals surface area contributed by atoms with Gasteiger partial charge in [0.1, 0.15) is 5.75 Å². The number of halogens is 1. The van der Waals surface area contributed by atoms with E-state index in [1.54, 1.807) is 7.11 Å². The predicted octanol–water partition coefficient (Wildman–Crippen LogP) is 3.47. The molecule has 0 N–H and O–H groups in total. The van der Waals surface area contributed by atoms with Crippen LogP contribution in [0.25, 0.3) is 23.1 Å². The summed E-state index contributed by atoms with van der Waals surface area (Å²) in [4.78, 5) is 4.00. The van der Waals surface area contributed by atoms with Crippen LogP contribution >= 0.6 is 15.9 Å². The van der Waals surface area contributed by atoms with Gasteiger partial charge in [-0.15, -0.1) is 10.2 Å². The first-order valence-corrected chi connectivity index (χ1v) is 6.56. The Labute approximate surface area is 122 Å². The van der Waals surface area contributed by atoms with Crippen LogP contribution in [-0.4, -0.2) is 22.3 Å². The number of aromatic nitrogens is 3. The lowest BCUT2D eigenvalue weighted by molar-refractivity contribution is 0.414. The monoisotopic (exact) mass is 335 g/mol. The third-order valence-electron chi connectivity index (χ3n) is 2.77. The van der Waals surface area contributed by atoms with Crippen molar-refractivity contribution in [1.82, 2.24) is 15.2 Å². The van der Waals surface area contributed by atoms with Gasteiger partial charge in [0.05, 0.1) is 18.4 Å². The van der Waals surface area contributed by atoms with E-state index in [9.17, 15) is 0 Å².